The van der Waals surface area contributed by atoms with Gasteiger partial charge in [-0.05, 0) is 6.42 Å². The zero-order valence-electron chi connectivity index (χ0n) is 19.0. The van der Waals surface area contributed by atoms with Gasteiger partial charge in [0.1, 0.15) is 0 Å². The maximum absolute atomic E-state index is 3.30. The molecule has 0 nitrogen and oxygen atoms in total. The Hall–Kier alpha value is -1.66. The third-order valence-electron chi connectivity index (χ3n) is 4.94. The van der Waals surface area contributed by atoms with Crippen molar-refractivity contribution in [2.75, 3.05) is 0 Å². The van der Waals surface area contributed by atoms with Crippen molar-refractivity contribution in [3.05, 3.63) is 113 Å². The summed E-state index contributed by atoms with van der Waals surface area (Å²) < 4.78 is 1.51. The van der Waals surface area contributed by atoms with E-state index in [-0.39, 0.29) is 24.8 Å². The number of halogens is 2. The Balaban J connectivity index is 0.000000261. The first kappa shape index (κ1) is 28.4. The van der Waals surface area contributed by atoms with E-state index in [2.05, 4.69) is 113 Å². The molecule has 0 fully saturated rings. The van der Waals surface area contributed by atoms with Crippen molar-refractivity contribution >= 4 is 3.21 Å². The van der Waals surface area contributed by atoms with Crippen LogP contribution in [0.15, 0.2) is 84.9 Å². The maximum atomic E-state index is 3.30. The molecule has 0 N–H and O–H groups in total. The van der Waals surface area contributed by atoms with Crippen molar-refractivity contribution in [2.24, 2.45) is 0 Å². The molecule has 4 aromatic rings. The predicted molar refractivity (Wildman–Crippen MR) is 127 cm³/mol. The Labute approximate surface area is 220 Å². The molecule has 32 heavy (non-hydrogen) atoms. The number of fused-ring (bicyclic) bond motifs is 3. The second kappa shape index (κ2) is 13.8. The van der Waals surface area contributed by atoms with Crippen LogP contribution in [0.1, 0.15) is 36.1 Å². The van der Waals surface area contributed by atoms with E-state index >= 15 is 0 Å². The predicted octanol–water partition coefficient (Wildman–Crippen LogP) is 1.50. The van der Waals surface area contributed by atoms with E-state index < -0.39 is 0 Å². The Morgan fingerprint density at radius 3 is 2.03 bits per heavy atom. The van der Waals surface area contributed by atoms with E-state index in [0.29, 0.717) is 0 Å². The first-order chi connectivity index (χ1) is 14.5. The van der Waals surface area contributed by atoms with Gasteiger partial charge in [0.15, 0.2) is 0 Å². The average molecular weight is 539 g/mol. The number of hydrogen-bond acceptors (Lipinski definition) is 0. The van der Waals surface area contributed by atoms with Crippen molar-refractivity contribution in [2.45, 2.75) is 34.1 Å². The van der Waals surface area contributed by atoms with Gasteiger partial charge in [-0.2, -0.15) is 52.6 Å². The smallest absolute Gasteiger partial charge is 0.0253 e. The molecule has 5 rings (SSSR count). The monoisotopic (exact) mass is 536 g/mol. The Bertz CT molecular complexity index is 1080. The molecule has 0 heterocycles. The number of rotatable bonds is 1. The standard InChI is InChI=1S/C13H9.C13H13.C3H6.2ClH.Zr/c1-3-7-12-10(5-1)9-11-6-2-4-8-13(11)12;1-10-8-11(2)13(9-10)12-6-4-3-5-7-12;1-3-2;;;/h1-5,7-8H,9H2;3-9H,1-2H3;1-2H3;2*1H;/q2*-1;;;;+2/p-2. The van der Waals surface area contributed by atoms with E-state index in [4.69, 9.17) is 0 Å². The molecule has 4 aromatic carbocycles. The van der Waals surface area contributed by atoms with E-state index in [9.17, 15) is 0 Å². The molecule has 0 saturated carbocycles. The molecule has 1 aliphatic rings. The van der Waals surface area contributed by atoms with Gasteiger partial charge in [-0.1, -0.05) is 85.1 Å². The van der Waals surface area contributed by atoms with Crippen LogP contribution in [0.2, 0.25) is 0 Å². The maximum Gasteiger partial charge on any atom is -0.0253 e. The molecular weight excluding hydrogens is 510 g/mol. The molecular formula is C29H28Cl2Zr-2. The van der Waals surface area contributed by atoms with Crippen LogP contribution in [-0.4, -0.2) is 3.21 Å². The molecule has 0 aromatic heterocycles. The van der Waals surface area contributed by atoms with E-state index in [1.165, 1.54) is 47.7 Å². The third-order valence-corrected chi connectivity index (χ3v) is 4.94. The molecule has 0 saturated heterocycles. The second-order valence-corrected chi connectivity index (χ2v) is 10.3. The van der Waals surface area contributed by atoms with Gasteiger partial charge in [0, 0.05) is 0 Å². The molecule has 0 radical (unpaired) electrons. The summed E-state index contributed by atoms with van der Waals surface area (Å²) in [5.41, 5.74) is 10.9. The molecule has 0 bridgehead atoms. The number of hydrogen-bond donors (Lipinski definition) is 0. The van der Waals surface area contributed by atoms with Crippen LogP contribution in [0, 0.1) is 19.9 Å². The third kappa shape index (κ3) is 7.73. The van der Waals surface area contributed by atoms with Gasteiger partial charge in [-0.15, -0.1) is 5.56 Å². The zero-order valence-corrected chi connectivity index (χ0v) is 23.0. The van der Waals surface area contributed by atoms with Gasteiger partial charge < -0.3 is 24.8 Å². The van der Waals surface area contributed by atoms with Crippen LogP contribution in [0.3, 0.4) is 0 Å². The normalized spacial score (nSPS) is 10.1. The van der Waals surface area contributed by atoms with Gasteiger partial charge in [0.2, 0.25) is 0 Å². The Kier molecular flexibility index (Phi) is 12.2. The molecule has 0 spiro atoms. The number of aryl methyl sites for hydroxylation is 2. The van der Waals surface area contributed by atoms with Gasteiger partial charge in [0.05, 0.1) is 0 Å². The van der Waals surface area contributed by atoms with Gasteiger partial charge >= 0.3 is 41.3 Å². The van der Waals surface area contributed by atoms with Crippen molar-refractivity contribution in [1.29, 1.82) is 0 Å². The largest absolute Gasteiger partial charge is 1.00 e. The minimum Gasteiger partial charge on any atom is -1.00 e. The molecule has 0 atom stereocenters. The van der Waals surface area contributed by atoms with E-state index in [0.717, 1.165) is 6.42 Å². The molecule has 0 unspecified atom stereocenters. The van der Waals surface area contributed by atoms with Crippen LogP contribution in [-0.2, 0) is 30.7 Å². The number of benzene rings is 3. The average Bonchev–Trinajstić information content (AvgIpc) is 3.28. The summed E-state index contributed by atoms with van der Waals surface area (Å²) in [7, 11) is 0. The Morgan fingerprint density at radius 1 is 0.812 bits per heavy atom. The summed E-state index contributed by atoms with van der Waals surface area (Å²) in [6.07, 6.45) is 1.05. The summed E-state index contributed by atoms with van der Waals surface area (Å²) in [6.45, 7) is 8.55. The van der Waals surface area contributed by atoms with E-state index in [1.54, 1.807) is 24.2 Å². The zero-order chi connectivity index (χ0) is 21.5. The molecule has 0 aliphatic heterocycles. The quantitative estimate of drug-likeness (QED) is 0.284. The van der Waals surface area contributed by atoms with Crippen LogP contribution >= 0.6 is 0 Å². The fraction of sp³-hybridized carbons (Fsp3) is 0.172. The summed E-state index contributed by atoms with van der Waals surface area (Å²) >= 11 is 1.55. The van der Waals surface area contributed by atoms with Crippen LogP contribution in [0.25, 0.3) is 22.3 Å². The van der Waals surface area contributed by atoms with Crippen LogP contribution in [0.4, 0.5) is 0 Å². The van der Waals surface area contributed by atoms with Crippen molar-refractivity contribution in [3.8, 4) is 22.3 Å². The van der Waals surface area contributed by atoms with Crippen LogP contribution in [0.5, 0.6) is 0 Å². The molecule has 1 aliphatic carbocycles. The van der Waals surface area contributed by atoms with Gasteiger partial charge in [-0.25, -0.2) is 6.07 Å². The first-order valence-corrected chi connectivity index (χ1v) is 11.6. The fourth-order valence-electron chi connectivity index (χ4n) is 3.73. The van der Waals surface area contributed by atoms with Crippen molar-refractivity contribution < 1.29 is 49.0 Å². The molecule has 164 valence electrons. The minimum atomic E-state index is 0. The van der Waals surface area contributed by atoms with Gasteiger partial charge in [-0.3, -0.25) is 0 Å². The summed E-state index contributed by atoms with van der Waals surface area (Å²) in [5.74, 6) is 0. The minimum absolute atomic E-state index is 0. The topological polar surface area (TPSA) is 0 Å². The van der Waals surface area contributed by atoms with Crippen molar-refractivity contribution in [3.63, 3.8) is 0 Å². The van der Waals surface area contributed by atoms with Crippen molar-refractivity contribution in [1.82, 2.24) is 0 Å². The molecule has 0 amide bonds. The van der Waals surface area contributed by atoms with E-state index in [1.807, 2.05) is 6.07 Å². The summed E-state index contributed by atoms with van der Waals surface area (Å²) in [5, 5.41) is 0. The molecule has 3 heteroatoms. The first-order valence-electron chi connectivity index (χ1n) is 10.3. The van der Waals surface area contributed by atoms with Gasteiger partial charge in [0.25, 0.3) is 0 Å². The second-order valence-electron chi connectivity index (χ2n) is 7.89. The Morgan fingerprint density at radius 2 is 1.41 bits per heavy atom. The van der Waals surface area contributed by atoms with Crippen LogP contribution < -0.4 is 24.8 Å². The SMILES string of the molecule is C[C](C)=[Zr+2].Cc1cc(-c2ccccc2)c(C)[cH-]1.[Cl-].[Cl-].[c-]1cccc2c1Cc1ccccc1-2. The fourth-order valence-corrected chi connectivity index (χ4v) is 3.73. The summed E-state index contributed by atoms with van der Waals surface area (Å²) in [4.78, 5) is 0. The summed E-state index contributed by atoms with van der Waals surface area (Å²) in [6, 6.07) is 33.1.